The summed E-state index contributed by atoms with van der Waals surface area (Å²) < 4.78 is 26.8. The van der Waals surface area contributed by atoms with E-state index in [1.54, 1.807) is 30.6 Å². The number of nitrogens with one attached hydrogen (secondary N) is 1. The number of sulfonamides is 1. The van der Waals surface area contributed by atoms with Gasteiger partial charge in [0.2, 0.25) is 10.0 Å². The first kappa shape index (κ1) is 14.2. The van der Waals surface area contributed by atoms with Crippen molar-refractivity contribution in [3.8, 4) is 6.07 Å². The van der Waals surface area contributed by atoms with Crippen LogP contribution in [-0.2, 0) is 16.6 Å². The molecule has 1 aromatic carbocycles. The molecule has 0 spiro atoms. The summed E-state index contributed by atoms with van der Waals surface area (Å²) in [6.45, 7) is 2.06. The smallest absolute Gasteiger partial charge is 0.240 e. The van der Waals surface area contributed by atoms with Crippen LogP contribution in [0.5, 0.6) is 0 Å². The lowest BCUT2D eigenvalue weighted by molar-refractivity contribution is 0.581. The molecule has 102 valence electrons. The zero-order chi connectivity index (χ0) is 14.6. The molecule has 0 saturated carbocycles. The standard InChI is InChI=1S/C14H13N3O2S/c1-11-9-16-6-5-13(11)10-17-20(18,19)14-4-2-3-12(7-14)8-15/h2-7,9,17H,10H2,1H3. The third-order valence-corrected chi connectivity index (χ3v) is 4.26. The van der Waals surface area contributed by atoms with Gasteiger partial charge >= 0.3 is 0 Å². The maximum absolute atomic E-state index is 12.1. The number of pyridine rings is 1. The molecular formula is C14H13N3O2S. The van der Waals surface area contributed by atoms with Crippen LogP contribution in [0.4, 0.5) is 0 Å². The highest BCUT2D eigenvalue weighted by Gasteiger charge is 2.14. The summed E-state index contributed by atoms with van der Waals surface area (Å²) in [5.41, 5.74) is 2.09. The number of rotatable bonds is 4. The van der Waals surface area contributed by atoms with Crippen LogP contribution in [0.3, 0.4) is 0 Å². The van der Waals surface area contributed by atoms with Gasteiger partial charge in [0, 0.05) is 18.9 Å². The zero-order valence-electron chi connectivity index (χ0n) is 10.9. The second-order valence-corrected chi connectivity index (χ2v) is 6.03. The minimum absolute atomic E-state index is 0.0864. The SMILES string of the molecule is Cc1cnccc1CNS(=O)(=O)c1cccc(C#N)c1. The van der Waals surface area contributed by atoms with E-state index in [1.807, 2.05) is 13.0 Å². The average molecular weight is 287 g/mol. The Kier molecular flexibility index (Phi) is 4.13. The molecule has 0 atom stereocenters. The Labute approximate surface area is 118 Å². The van der Waals surface area contributed by atoms with Gasteiger partial charge in [-0.05, 0) is 42.3 Å². The number of nitrogens with zero attached hydrogens (tertiary/aromatic N) is 2. The molecule has 0 amide bonds. The first-order chi connectivity index (χ1) is 9.53. The van der Waals surface area contributed by atoms with Crippen molar-refractivity contribution in [3.63, 3.8) is 0 Å². The van der Waals surface area contributed by atoms with Crippen LogP contribution >= 0.6 is 0 Å². The van der Waals surface area contributed by atoms with Gasteiger partial charge in [-0.1, -0.05) is 6.07 Å². The van der Waals surface area contributed by atoms with Crippen LogP contribution < -0.4 is 4.72 Å². The summed E-state index contributed by atoms with van der Waals surface area (Å²) >= 11 is 0. The normalized spacial score (nSPS) is 11.0. The van der Waals surface area contributed by atoms with E-state index in [2.05, 4.69) is 9.71 Å². The molecule has 2 rings (SSSR count). The summed E-state index contributed by atoms with van der Waals surface area (Å²) in [6.07, 6.45) is 3.30. The second-order valence-electron chi connectivity index (χ2n) is 4.27. The predicted molar refractivity (Wildman–Crippen MR) is 74.2 cm³/mol. The van der Waals surface area contributed by atoms with Crippen molar-refractivity contribution < 1.29 is 8.42 Å². The molecule has 1 N–H and O–H groups in total. The fourth-order valence-corrected chi connectivity index (χ4v) is 2.74. The molecule has 0 fully saturated rings. The van der Waals surface area contributed by atoms with Crippen molar-refractivity contribution >= 4 is 10.0 Å². The highest BCUT2D eigenvalue weighted by Crippen LogP contribution is 2.12. The summed E-state index contributed by atoms with van der Waals surface area (Å²) in [7, 11) is -3.63. The van der Waals surface area contributed by atoms with Crippen LogP contribution in [-0.4, -0.2) is 13.4 Å². The maximum Gasteiger partial charge on any atom is 0.240 e. The molecular weight excluding hydrogens is 274 g/mol. The molecule has 0 aliphatic rings. The van der Waals surface area contributed by atoms with Crippen molar-refractivity contribution in [3.05, 3.63) is 59.4 Å². The highest BCUT2D eigenvalue weighted by molar-refractivity contribution is 7.89. The minimum Gasteiger partial charge on any atom is -0.264 e. The molecule has 0 aliphatic carbocycles. The predicted octanol–water partition coefficient (Wildman–Crippen LogP) is 1.74. The van der Waals surface area contributed by atoms with Gasteiger partial charge in [0.05, 0.1) is 16.5 Å². The van der Waals surface area contributed by atoms with E-state index in [0.717, 1.165) is 11.1 Å². The van der Waals surface area contributed by atoms with Crippen molar-refractivity contribution in [1.82, 2.24) is 9.71 Å². The number of benzene rings is 1. The fraction of sp³-hybridized carbons (Fsp3) is 0.143. The molecule has 6 heteroatoms. The molecule has 20 heavy (non-hydrogen) atoms. The van der Waals surface area contributed by atoms with Gasteiger partial charge in [0.15, 0.2) is 0 Å². The summed E-state index contributed by atoms with van der Waals surface area (Å²) in [5.74, 6) is 0. The Bertz CT molecular complexity index is 764. The summed E-state index contributed by atoms with van der Waals surface area (Å²) in [5, 5.41) is 8.80. The molecule has 0 saturated heterocycles. The monoisotopic (exact) mass is 287 g/mol. The van der Waals surface area contributed by atoms with Crippen LogP contribution in [0.25, 0.3) is 0 Å². The van der Waals surface area contributed by atoms with E-state index in [9.17, 15) is 8.42 Å². The zero-order valence-corrected chi connectivity index (χ0v) is 11.7. The van der Waals surface area contributed by atoms with Crippen LogP contribution in [0.1, 0.15) is 16.7 Å². The van der Waals surface area contributed by atoms with Gasteiger partial charge in [-0.2, -0.15) is 5.26 Å². The van der Waals surface area contributed by atoms with Crippen LogP contribution in [0, 0.1) is 18.3 Å². The Hall–Kier alpha value is -2.23. The molecule has 0 aliphatic heterocycles. The number of aromatic nitrogens is 1. The largest absolute Gasteiger partial charge is 0.264 e. The van der Waals surface area contributed by atoms with Gasteiger partial charge in [-0.15, -0.1) is 0 Å². The van der Waals surface area contributed by atoms with Crippen molar-refractivity contribution in [1.29, 1.82) is 5.26 Å². The van der Waals surface area contributed by atoms with E-state index in [1.165, 1.54) is 12.1 Å². The third-order valence-electron chi connectivity index (χ3n) is 2.86. The molecule has 2 aromatic rings. The molecule has 0 unspecified atom stereocenters. The van der Waals surface area contributed by atoms with Crippen molar-refractivity contribution in [2.45, 2.75) is 18.4 Å². The lowest BCUT2D eigenvalue weighted by Gasteiger charge is -2.08. The van der Waals surface area contributed by atoms with Gasteiger partial charge in [0.1, 0.15) is 0 Å². The second kappa shape index (κ2) is 5.82. The highest BCUT2D eigenvalue weighted by atomic mass is 32.2. The van der Waals surface area contributed by atoms with Gasteiger partial charge in [-0.25, -0.2) is 13.1 Å². The molecule has 5 nitrogen and oxygen atoms in total. The minimum atomic E-state index is -3.63. The first-order valence-electron chi connectivity index (χ1n) is 5.92. The third kappa shape index (κ3) is 3.20. The van der Waals surface area contributed by atoms with Crippen molar-refractivity contribution in [2.24, 2.45) is 0 Å². The average Bonchev–Trinajstić information content (AvgIpc) is 2.46. The molecule has 1 heterocycles. The molecule has 0 bridgehead atoms. The van der Waals surface area contributed by atoms with Gasteiger partial charge in [-0.3, -0.25) is 4.98 Å². The number of hydrogen-bond donors (Lipinski definition) is 1. The topological polar surface area (TPSA) is 82.8 Å². The fourth-order valence-electron chi connectivity index (χ4n) is 1.69. The first-order valence-corrected chi connectivity index (χ1v) is 7.40. The summed E-state index contributed by atoms with van der Waals surface area (Å²) in [4.78, 5) is 4.04. The Balaban J connectivity index is 2.20. The number of hydrogen-bond acceptors (Lipinski definition) is 4. The Morgan fingerprint density at radius 1 is 1.35 bits per heavy atom. The van der Waals surface area contributed by atoms with Gasteiger partial charge in [0.25, 0.3) is 0 Å². The lowest BCUT2D eigenvalue weighted by Crippen LogP contribution is -2.23. The summed E-state index contributed by atoms with van der Waals surface area (Å²) in [6, 6.07) is 9.61. The number of aryl methyl sites for hydroxylation is 1. The Morgan fingerprint density at radius 3 is 2.85 bits per heavy atom. The van der Waals surface area contributed by atoms with E-state index in [0.29, 0.717) is 5.56 Å². The maximum atomic E-state index is 12.1. The van der Waals surface area contributed by atoms with E-state index in [-0.39, 0.29) is 11.4 Å². The van der Waals surface area contributed by atoms with Crippen LogP contribution in [0.2, 0.25) is 0 Å². The molecule has 0 radical (unpaired) electrons. The van der Waals surface area contributed by atoms with Gasteiger partial charge < -0.3 is 0 Å². The van der Waals surface area contributed by atoms with Crippen LogP contribution in [0.15, 0.2) is 47.6 Å². The molecule has 1 aromatic heterocycles. The van der Waals surface area contributed by atoms with Crippen molar-refractivity contribution in [2.75, 3.05) is 0 Å². The number of nitriles is 1. The van der Waals surface area contributed by atoms with E-state index < -0.39 is 10.0 Å². The quantitative estimate of drug-likeness (QED) is 0.928. The van der Waals surface area contributed by atoms with E-state index >= 15 is 0 Å². The lowest BCUT2D eigenvalue weighted by atomic mass is 10.2. The van der Waals surface area contributed by atoms with E-state index in [4.69, 9.17) is 5.26 Å². The Morgan fingerprint density at radius 2 is 2.15 bits per heavy atom.